The second kappa shape index (κ2) is 3.62. The van der Waals surface area contributed by atoms with E-state index in [2.05, 4.69) is 18.9 Å². The summed E-state index contributed by atoms with van der Waals surface area (Å²) in [6, 6.07) is 0. The molecule has 0 aliphatic rings. The normalized spacial score (nSPS) is 9.82. The third kappa shape index (κ3) is 2.12. The molecule has 0 saturated carbocycles. The Hall–Kier alpha value is -0.700. The lowest BCUT2D eigenvalue weighted by Gasteiger charge is -1.98. The van der Waals surface area contributed by atoms with Crippen LogP contribution in [0.1, 0.15) is 25.5 Å². The molecular weight excluding hydrogens is 162 g/mol. The minimum atomic E-state index is 0. The van der Waals surface area contributed by atoms with Crippen LogP contribution in [0.5, 0.6) is 0 Å². The first kappa shape index (κ1) is 10.3. The molecular formula is C7H14ClN3. The molecule has 11 heavy (non-hydrogen) atoms. The predicted molar refractivity (Wildman–Crippen MR) is 49.0 cm³/mol. The number of aryl methyl sites for hydroxylation is 1. The standard InChI is InChI=1S/C7H13N3.ClH/c1-5(2)7-6(8)4-10(3)9-7;/h4-5H,8H2,1-3H3;1H. The van der Waals surface area contributed by atoms with Crippen molar-refractivity contribution in [3.05, 3.63) is 11.9 Å². The van der Waals surface area contributed by atoms with Gasteiger partial charge in [0.2, 0.25) is 0 Å². The SMILES string of the molecule is CC(C)c1nn(C)cc1N.Cl. The summed E-state index contributed by atoms with van der Waals surface area (Å²) in [6.45, 7) is 4.16. The van der Waals surface area contributed by atoms with E-state index in [1.165, 1.54) is 0 Å². The predicted octanol–water partition coefficient (Wildman–Crippen LogP) is 1.55. The van der Waals surface area contributed by atoms with Crippen molar-refractivity contribution < 1.29 is 0 Å². The zero-order valence-electron chi connectivity index (χ0n) is 7.03. The van der Waals surface area contributed by atoms with E-state index in [0.29, 0.717) is 5.92 Å². The third-order valence-corrected chi connectivity index (χ3v) is 1.43. The van der Waals surface area contributed by atoms with Gasteiger partial charge in [-0.05, 0) is 5.92 Å². The van der Waals surface area contributed by atoms with Gasteiger partial charge in [0.05, 0.1) is 11.4 Å². The van der Waals surface area contributed by atoms with Crippen molar-refractivity contribution in [3.63, 3.8) is 0 Å². The molecule has 0 aliphatic heterocycles. The Morgan fingerprint density at radius 3 is 2.27 bits per heavy atom. The lowest BCUT2D eigenvalue weighted by molar-refractivity contribution is 0.713. The van der Waals surface area contributed by atoms with Crippen LogP contribution in [-0.2, 0) is 7.05 Å². The van der Waals surface area contributed by atoms with Crippen LogP contribution in [0.4, 0.5) is 5.69 Å². The highest BCUT2D eigenvalue weighted by Crippen LogP contribution is 2.17. The van der Waals surface area contributed by atoms with Crippen molar-refractivity contribution in [1.82, 2.24) is 9.78 Å². The van der Waals surface area contributed by atoms with Crippen molar-refractivity contribution in [2.24, 2.45) is 7.05 Å². The maximum Gasteiger partial charge on any atom is 0.0879 e. The molecule has 1 heterocycles. The number of halogens is 1. The largest absolute Gasteiger partial charge is 0.396 e. The summed E-state index contributed by atoms with van der Waals surface area (Å²) in [5.74, 6) is 0.418. The van der Waals surface area contributed by atoms with Crippen LogP contribution >= 0.6 is 12.4 Å². The molecule has 0 radical (unpaired) electrons. The quantitative estimate of drug-likeness (QED) is 0.704. The van der Waals surface area contributed by atoms with Gasteiger partial charge in [0, 0.05) is 13.2 Å². The lowest BCUT2D eigenvalue weighted by Crippen LogP contribution is -1.94. The Bertz CT molecular complexity index is 230. The number of anilines is 1. The molecule has 1 aromatic rings. The third-order valence-electron chi connectivity index (χ3n) is 1.43. The second-order valence-corrected chi connectivity index (χ2v) is 2.80. The van der Waals surface area contributed by atoms with E-state index >= 15 is 0 Å². The Morgan fingerprint density at radius 2 is 2.09 bits per heavy atom. The van der Waals surface area contributed by atoms with Crippen LogP contribution in [0.15, 0.2) is 6.20 Å². The Balaban J connectivity index is 0.000001000. The zero-order valence-corrected chi connectivity index (χ0v) is 7.85. The van der Waals surface area contributed by atoms with Crippen LogP contribution in [0, 0.1) is 0 Å². The maximum atomic E-state index is 5.66. The maximum absolute atomic E-state index is 5.66. The zero-order chi connectivity index (χ0) is 7.72. The molecule has 64 valence electrons. The van der Waals surface area contributed by atoms with E-state index in [0.717, 1.165) is 11.4 Å². The number of hydrogen-bond acceptors (Lipinski definition) is 2. The number of rotatable bonds is 1. The Kier molecular flexibility index (Phi) is 3.39. The fourth-order valence-corrected chi connectivity index (χ4v) is 0.973. The van der Waals surface area contributed by atoms with Crippen LogP contribution in [0.25, 0.3) is 0 Å². The topological polar surface area (TPSA) is 43.8 Å². The summed E-state index contributed by atoms with van der Waals surface area (Å²) in [5, 5.41) is 4.20. The van der Waals surface area contributed by atoms with E-state index in [1.54, 1.807) is 4.68 Å². The summed E-state index contributed by atoms with van der Waals surface area (Å²) >= 11 is 0. The molecule has 0 spiro atoms. The van der Waals surface area contributed by atoms with Crippen molar-refractivity contribution in [2.45, 2.75) is 19.8 Å². The fourth-order valence-electron chi connectivity index (χ4n) is 0.973. The van der Waals surface area contributed by atoms with Gasteiger partial charge in [0.25, 0.3) is 0 Å². The van der Waals surface area contributed by atoms with Gasteiger partial charge >= 0.3 is 0 Å². The molecule has 0 atom stereocenters. The van der Waals surface area contributed by atoms with E-state index in [4.69, 9.17) is 5.73 Å². The molecule has 0 bridgehead atoms. The second-order valence-electron chi connectivity index (χ2n) is 2.80. The molecule has 0 aromatic carbocycles. The molecule has 0 fully saturated rings. The lowest BCUT2D eigenvalue weighted by atomic mass is 10.1. The first-order chi connectivity index (χ1) is 4.61. The minimum Gasteiger partial charge on any atom is -0.396 e. The van der Waals surface area contributed by atoms with Crippen molar-refractivity contribution in [2.75, 3.05) is 5.73 Å². The summed E-state index contributed by atoms with van der Waals surface area (Å²) in [4.78, 5) is 0. The van der Waals surface area contributed by atoms with Gasteiger partial charge < -0.3 is 5.73 Å². The van der Waals surface area contributed by atoms with Crippen LogP contribution < -0.4 is 5.73 Å². The van der Waals surface area contributed by atoms with Gasteiger partial charge in [0.15, 0.2) is 0 Å². The number of nitrogens with two attached hydrogens (primary N) is 1. The highest BCUT2D eigenvalue weighted by atomic mass is 35.5. The molecule has 0 unspecified atom stereocenters. The number of nitrogen functional groups attached to an aromatic ring is 1. The van der Waals surface area contributed by atoms with Crippen LogP contribution in [0.3, 0.4) is 0 Å². The van der Waals surface area contributed by atoms with Gasteiger partial charge in [-0.1, -0.05) is 13.8 Å². The summed E-state index contributed by atoms with van der Waals surface area (Å²) in [5.41, 5.74) is 7.44. The Labute approximate surface area is 73.0 Å². The van der Waals surface area contributed by atoms with Crippen molar-refractivity contribution in [1.29, 1.82) is 0 Å². The van der Waals surface area contributed by atoms with E-state index in [-0.39, 0.29) is 12.4 Å². The van der Waals surface area contributed by atoms with E-state index in [9.17, 15) is 0 Å². The smallest absolute Gasteiger partial charge is 0.0879 e. The molecule has 2 N–H and O–H groups in total. The number of hydrogen-bond donors (Lipinski definition) is 1. The van der Waals surface area contributed by atoms with Gasteiger partial charge in [-0.2, -0.15) is 5.10 Å². The van der Waals surface area contributed by atoms with Crippen LogP contribution in [-0.4, -0.2) is 9.78 Å². The average molecular weight is 176 g/mol. The molecule has 4 heteroatoms. The Morgan fingerprint density at radius 1 is 1.55 bits per heavy atom. The molecule has 0 saturated heterocycles. The van der Waals surface area contributed by atoms with E-state index < -0.39 is 0 Å². The fraction of sp³-hybridized carbons (Fsp3) is 0.571. The molecule has 1 rings (SSSR count). The van der Waals surface area contributed by atoms with Crippen molar-refractivity contribution >= 4 is 18.1 Å². The van der Waals surface area contributed by atoms with Gasteiger partial charge in [-0.15, -0.1) is 12.4 Å². The molecule has 0 amide bonds. The number of aromatic nitrogens is 2. The monoisotopic (exact) mass is 175 g/mol. The summed E-state index contributed by atoms with van der Waals surface area (Å²) < 4.78 is 1.74. The summed E-state index contributed by atoms with van der Waals surface area (Å²) in [7, 11) is 1.88. The van der Waals surface area contributed by atoms with E-state index in [1.807, 2.05) is 13.2 Å². The van der Waals surface area contributed by atoms with Crippen molar-refractivity contribution in [3.8, 4) is 0 Å². The number of nitrogens with zero attached hydrogens (tertiary/aromatic N) is 2. The first-order valence-electron chi connectivity index (χ1n) is 3.40. The molecule has 0 aliphatic carbocycles. The average Bonchev–Trinajstić information content (AvgIpc) is 2.10. The summed E-state index contributed by atoms with van der Waals surface area (Å²) in [6.07, 6.45) is 1.83. The first-order valence-corrected chi connectivity index (χ1v) is 3.40. The molecule has 1 aromatic heterocycles. The highest BCUT2D eigenvalue weighted by Gasteiger charge is 2.06. The van der Waals surface area contributed by atoms with Gasteiger partial charge in [0.1, 0.15) is 0 Å². The van der Waals surface area contributed by atoms with Gasteiger partial charge in [-0.3, -0.25) is 4.68 Å². The highest BCUT2D eigenvalue weighted by molar-refractivity contribution is 5.85. The van der Waals surface area contributed by atoms with Gasteiger partial charge in [-0.25, -0.2) is 0 Å². The van der Waals surface area contributed by atoms with Crippen LogP contribution in [0.2, 0.25) is 0 Å². The minimum absolute atomic E-state index is 0. The molecule has 3 nitrogen and oxygen atoms in total.